The minimum atomic E-state index is -0.921. The number of pyridine rings is 1. The topological polar surface area (TPSA) is 66.6 Å². The lowest BCUT2D eigenvalue weighted by Gasteiger charge is -2.22. The third-order valence-electron chi connectivity index (χ3n) is 3.42. The third kappa shape index (κ3) is 1.76. The van der Waals surface area contributed by atoms with Crippen molar-refractivity contribution in [3.05, 3.63) is 35.9 Å². The summed E-state index contributed by atoms with van der Waals surface area (Å²) in [5.74, 6) is -0.113. The van der Waals surface area contributed by atoms with Gasteiger partial charge in [0.25, 0.3) is 0 Å². The molecular weight excluding hydrogens is 230 g/mol. The maximum absolute atomic E-state index is 11.3. The van der Waals surface area contributed by atoms with Gasteiger partial charge in [0.15, 0.2) is 0 Å². The van der Waals surface area contributed by atoms with E-state index in [0.29, 0.717) is 0 Å². The maximum atomic E-state index is 11.3. The quantitative estimate of drug-likeness (QED) is 0.847. The normalized spacial score (nSPS) is 20.1. The monoisotopic (exact) mass is 245 g/mol. The molecule has 1 atom stereocenters. The fourth-order valence-electron chi connectivity index (χ4n) is 2.56. The van der Waals surface area contributed by atoms with Gasteiger partial charge in [0, 0.05) is 0 Å². The van der Waals surface area contributed by atoms with Crippen LogP contribution in [0.4, 0.5) is 0 Å². The number of nitrogens with zero attached hydrogens (tertiary/aromatic N) is 2. The lowest BCUT2D eigenvalue weighted by molar-refractivity contribution is 0.0688. The van der Waals surface area contributed by atoms with Crippen LogP contribution in [0, 0.1) is 0 Å². The molecule has 3 rings (SSSR count). The Morgan fingerprint density at radius 2 is 2.33 bits per heavy atom. The SMILES string of the molecule is O=C(O)c1cccc2cnc(C3CCCCN3)n12. The van der Waals surface area contributed by atoms with Gasteiger partial charge in [-0.25, -0.2) is 9.78 Å². The molecule has 2 N–H and O–H groups in total. The molecule has 0 saturated carbocycles. The van der Waals surface area contributed by atoms with Crippen molar-refractivity contribution in [1.82, 2.24) is 14.7 Å². The van der Waals surface area contributed by atoms with E-state index in [9.17, 15) is 9.90 Å². The summed E-state index contributed by atoms with van der Waals surface area (Å²) in [6.45, 7) is 0.967. The summed E-state index contributed by atoms with van der Waals surface area (Å²) in [7, 11) is 0. The summed E-state index contributed by atoms with van der Waals surface area (Å²) < 4.78 is 1.74. The molecule has 94 valence electrons. The largest absolute Gasteiger partial charge is 0.477 e. The number of fused-ring (bicyclic) bond motifs is 1. The number of rotatable bonds is 2. The fourth-order valence-corrected chi connectivity index (χ4v) is 2.56. The minimum Gasteiger partial charge on any atom is -0.477 e. The van der Waals surface area contributed by atoms with E-state index in [1.165, 1.54) is 6.42 Å². The zero-order valence-corrected chi connectivity index (χ0v) is 9.97. The van der Waals surface area contributed by atoms with Crippen LogP contribution >= 0.6 is 0 Å². The van der Waals surface area contributed by atoms with Crippen LogP contribution in [0.2, 0.25) is 0 Å². The Balaban J connectivity index is 2.14. The molecule has 1 unspecified atom stereocenters. The van der Waals surface area contributed by atoms with Crippen LogP contribution in [0.5, 0.6) is 0 Å². The first kappa shape index (κ1) is 11.2. The average Bonchev–Trinajstić information content (AvgIpc) is 2.83. The molecule has 1 aliphatic rings. The number of aromatic nitrogens is 2. The Kier molecular flexibility index (Phi) is 2.76. The van der Waals surface area contributed by atoms with E-state index in [1.807, 2.05) is 6.07 Å². The van der Waals surface area contributed by atoms with Crippen molar-refractivity contribution >= 4 is 11.5 Å². The summed E-state index contributed by atoms with van der Waals surface area (Å²) in [6.07, 6.45) is 5.07. The van der Waals surface area contributed by atoms with Gasteiger partial charge < -0.3 is 10.4 Å². The first-order valence-electron chi connectivity index (χ1n) is 6.20. The highest BCUT2D eigenvalue weighted by Crippen LogP contribution is 2.24. The van der Waals surface area contributed by atoms with Gasteiger partial charge in [0.1, 0.15) is 11.5 Å². The Hall–Kier alpha value is -1.88. The molecule has 2 aromatic rings. The summed E-state index contributed by atoms with van der Waals surface area (Å²) in [4.78, 5) is 15.7. The predicted octanol–water partition coefficient (Wildman–Crippen LogP) is 1.85. The van der Waals surface area contributed by atoms with Crippen molar-refractivity contribution in [2.75, 3.05) is 6.54 Å². The first-order valence-corrected chi connectivity index (χ1v) is 6.20. The molecular formula is C13H15N3O2. The molecule has 0 aromatic carbocycles. The van der Waals surface area contributed by atoms with E-state index in [4.69, 9.17) is 0 Å². The second kappa shape index (κ2) is 4.42. The van der Waals surface area contributed by atoms with Gasteiger partial charge >= 0.3 is 5.97 Å². The first-order chi connectivity index (χ1) is 8.77. The minimum absolute atomic E-state index is 0.154. The summed E-state index contributed by atoms with van der Waals surface area (Å²) in [6, 6.07) is 5.40. The molecule has 0 aliphatic carbocycles. The molecule has 5 nitrogen and oxygen atoms in total. The van der Waals surface area contributed by atoms with Crippen LogP contribution in [0.25, 0.3) is 5.52 Å². The summed E-state index contributed by atoms with van der Waals surface area (Å²) >= 11 is 0. The number of carboxylic acid groups (broad SMARTS) is 1. The van der Waals surface area contributed by atoms with Gasteiger partial charge in [-0.3, -0.25) is 4.40 Å². The van der Waals surface area contributed by atoms with Crippen molar-refractivity contribution in [2.45, 2.75) is 25.3 Å². The van der Waals surface area contributed by atoms with Crippen LogP contribution in [-0.2, 0) is 0 Å². The number of carboxylic acids is 1. The van der Waals surface area contributed by atoms with Crippen LogP contribution in [0.15, 0.2) is 24.4 Å². The molecule has 1 saturated heterocycles. The van der Waals surface area contributed by atoms with E-state index in [-0.39, 0.29) is 11.7 Å². The van der Waals surface area contributed by atoms with Crippen molar-refractivity contribution in [1.29, 1.82) is 0 Å². The van der Waals surface area contributed by atoms with Crippen LogP contribution in [0.3, 0.4) is 0 Å². The van der Waals surface area contributed by atoms with Crippen molar-refractivity contribution in [3.63, 3.8) is 0 Å². The lowest BCUT2D eigenvalue weighted by atomic mass is 10.0. The van der Waals surface area contributed by atoms with Crippen LogP contribution < -0.4 is 5.32 Å². The second-order valence-corrected chi connectivity index (χ2v) is 4.60. The smallest absolute Gasteiger partial charge is 0.352 e. The molecule has 18 heavy (non-hydrogen) atoms. The van der Waals surface area contributed by atoms with Crippen molar-refractivity contribution in [2.24, 2.45) is 0 Å². The van der Waals surface area contributed by atoms with Crippen LogP contribution in [0.1, 0.15) is 41.6 Å². The number of imidazole rings is 1. The average molecular weight is 245 g/mol. The van der Waals surface area contributed by atoms with Gasteiger partial charge in [-0.15, -0.1) is 0 Å². The highest BCUT2D eigenvalue weighted by atomic mass is 16.4. The van der Waals surface area contributed by atoms with Gasteiger partial charge in [0.2, 0.25) is 0 Å². The molecule has 0 radical (unpaired) electrons. The Morgan fingerprint density at radius 3 is 3.06 bits per heavy atom. The predicted molar refractivity (Wildman–Crippen MR) is 66.7 cm³/mol. The molecule has 1 fully saturated rings. The van der Waals surface area contributed by atoms with Gasteiger partial charge in [0.05, 0.1) is 17.8 Å². The van der Waals surface area contributed by atoms with E-state index >= 15 is 0 Å². The molecule has 3 heterocycles. The molecule has 5 heteroatoms. The molecule has 0 spiro atoms. The van der Waals surface area contributed by atoms with Crippen molar-refractivity contribution in [3.8, 4) is 0 Å². The maximum Gasteiger partial charge on any atom is 0.352 e. The van der Waals surface area contributed by atoms with Gasteiger partial charge in [-0.2, -0.15) is 0 Å². The molecule has 0 bridgehead atoms. The number of hydrogen-bond acceptors (Lipinski definition) is 3. The zero-order valence-electron chi connectivity index (χ0n) is 9.97. The number of nitrogens with one attached hydrogen (secondary N) is 1. The highest BCUT2D eigenvalue weighted by Gasteiger charge is 2.21. The summed E-state index contributed by atoms with van der Waals surface area (Å²) in [5, 5.41) is 12.7. The standard InChI is InChI=1S/C13H15N3O2/c17-13(18)11-6-3-4-9-8-15-12(16(9)11)10-5-1-2-7-14-10/h3-4,6,8,10,14H,1-2,5,7H2,(H,17,18). The van der Waals surface area contributed by atoms with Gasteiger partial charge in [-0.05, 0) is 31.5 Å². The number of hydrogen-bond donors (Lipinski definition) is 2. The Bertz CT molecular complexity index is 585. The number of piperidine rings is 1. The Morgan fingerprint density at radius 1 is 1.44 bits per heavy atom. The zero-order chi connectivity index (χ0) is 12.5. The molecule has 2 aromatic heterocycles. The van der Waals surface area contributed by atoms with E-state index in [1.54, 1.807) is 22.7 Å². The number of aromatic carboxylic acids is 1. The Labute approximate surface area is 104 Å². The van der Waals surface area contributed by atoms with E-state index < -0.39 is 5.97 Å². The molecule has 0 amide bonds. The van der Waals surface area contributed by atoms with Gasteiger partial charge in [-0.1, -0.05) is 12.5 Å². The number of carbonyl (C=O) groups is 1. The van der Waals surface area contributed by atoms with Crippen LogP contribution in [-0.4, -0.2) is 27.0 Å². The lowest BCUT2D eigenvalue weighted by Crippen LogP contribution is -2.29. The van der Waals surface area contributed by atoms with E-state index in [2.05, 4.69) is 10.3 Å². The van der Waals surface area contributed by atoms with Crippen molar-refractivity contribution < 1.29 is 9.90 Å². The van der Waals surface area contributed by atoms with E-state index in [0.717, 1.165) is 30.7 Å². The summed E-state index contributed by atoms with van der Waals surface area (Å²) in [5.41, 5.74) is 1.10. The third-order valence-corrected chi connectivity index (χ3v) is 3.42. The second-order valence-electron chi connectivity index (χ2n) is 4.60. The fraction of sp³-hybridized carbons (Fsp3) is 0.385. The molecule has 1 aliphatic heterocycles. The highest BCUT2D eigenvalue weighted by molar-refractivity contribution is 5.86.